The number of pyridine rings is 1. The number of rotatable bonds is 10. The van der Waals surface area contributed by atoms with Gasteiger partial charge in [-0.1, -0.05) is 6.07 Å². The molecular formula is C20H27N5O2. The fourth-order valence-electron chi connectivity index (χ4n) is 2.68. The van der Waals surface area contributed by atoms with E-state index in [1.807, 2.05) is 40.9 Å². The van der Waals surface area contributed by atoms with Gasteiger partial charge in [0, 0.05) is 45.1 Å². The second-order valence-corrected chi connectivity index (χ2v) is 6.12. The highest BCUT2D eigenvalue weighted by Gasteiger charge is 2.02. The molecule has 0 aliphatic carbocycles. The van der Waals surface area contributed by atoms with Gasteiger partial charge >= 0.3 is 0 Å². The quantitative estimate of drug-likeness (QED) is 0.326. The Kier molecular flexibility index (Phi) is 7.29. The lowest BCUT2D eigenvalue weighted by atomic mass is 10.3. The first-order valence-electron chi connectivity index (χ1n) is 9.40. The van der Waals surface area contributed by atoms with Crippen molar-refractivity contribution in [1.29, 1.82) is 0 Å². The topological polar surface area (TPSA) is 76.1 Å². The Balaban J connectivity index is 1.36. The van der Waals surface area contributed by atoms with E-state index in [1.165, 1.54) is 0 Å². The maximum atomic E-state index is 5.57. The van der Waals surface area contributed by atoms with E-state index < -0.39 is 0 Å². The monoisotopic (exact) mass is 369 g/mol. The van der Waals surface area contributed by atoms with Crippen LogP contribution in [0.15, 0.2) is 58.4 Å². The molecular weight excluding hydrogens is 342 g/mol. The Morgan fingerprint density at radius 2 is 2.22 bits per heavy atom. The molecule has 144 valence electrons. The van der Waals surface area contributed by atoms with E-state index in [9.17, 15) is 0 Å². The zero-order chi connectivity index (χ0) is 18.7. The van der Waals surface area contributed by atoms with Crippen LogP contribution in [0, 0.1) is 0 Å². The predicted molar refractivity (Wildman–Crippen MR) is 106 cm³/mol. The van der Waals surface area contributed by atoms with Crippen molar-refractivity contribution >= 4 is 11.6 Å². The number of nitrogens with one attached hydrogen (secondary N) is 2. The summed E-state index contributed by atoms with van der Waals surface area (Å²) in [5.41, 5.74) is 2.04. The summed E-state index contributed by atoms with van der Waals surface area (Å²) in [7, 11) is 0. The number of aromatic nitrogens is 2. The summed E-state index contributed by atoms with van der Waals surface area (Å²) in [4.78, 5) is 9.20. The van der Waals surface area contributed by atoms with Crippen molar-refractivity contribution in [2.24, 2.45) is 4.99 Å². The van der Waals surface area contributed by atoms with E-state index in [4.69, 9.17) is 9.15 Å². The van der Waals surface area contributed by atoms with Crippen molar-refractivity contribution in [3.05, 3.63) is 60.4 Å². The third-order valence-electron chi connectivity index (χ3n) is 3.97. The van der Waals surface area contributed by atoms with E-state index in [0.29, 0.717) is 19.8 Å². The largest absolute Gasteiger partial charge is 0.467 e. The lowest BCUT2D eigenvalue weighted by Crippen LogP contribution is -2.38. The standard InChI is InChI=1S/C20H27N5O2/c1-2-21-20(22-10-6-13-26-16-18-7-5-14-27-18)23-11-9-17-15-25-12-4-3-8-19(25)24-17/h3-5,7-8,12,14-15H,2,6,9-11,13,16H2,1H3,(H2,21,22,23). The van der Waals surface area contributed by atoms with Crippen LogP contribution in [-0.2, 0) is 17.8 Å². The molecule has 0 unspecified atom stereocenters. The van der Waals surface area contributed by atoms with Crippen molar-refractivity contribution in [1.82, 2.24) is 20.0 Å². The molecule has 27 heavy (non-hydrogen) atoms. The van der Waals surface area contributed by atoms with Crippen LogP contribution in [0.3, 0.4) is 0 Å². The van der Waals surface area contributed by atoms with Gasteiger partial charge in [-0.15, -0.1) is 0 Å². The molecule has 7 heteroatoms. The number of fused-ring (bicyclic) bond motifs is 1. The molecule has 0 saturated carbocycles. The highest BCUT2D eigenvalue weighted by molar-refractivity contribution is 5.79. The lowest BCUT2D eigenvalue weighted by molar-refractivity contribution is 0.105. The number of aliphatic imine (C=N–C) groups is 1. The van der Waals surface area contributed by atoms with E-state index in [0.717, 1.165) is 49.0 Å². The smallest absolute Gasteiger partial charge is 0.191 e. The summed E-state index contributed by atoms with van der Waals surface area (Å²) in [5.74, 6) is 1.67. The van der Waals surface area contributed by atoms with Crippen LogP contribution in [-0.4, -0.2) is 41.6 Å². The number of hydrogen-bond donors (Lipinski definition) is 2. The lowest BCUT2D eigenvalue weighted by Gasteiger charge is -2.10. The van der Waals surface area contributed by atoms with Crippen LogP contribution < -0.4 is 10.6 Å². The molecule has 0 atom stereocenters. The highest BCUT2D eigenvalue weighted by Crippen LogP contribution is 2.04. The zero-order valence-electron chi connectivity index (χ0n) is 15.7. The molecule has 0 aromatic carbocycles. The molecule has 0 saturated heterocycles. The van der Waals surface area contributed by atoms with Gasteiger partial charge in [-0.25, -0.2) is 4.98 Å². The summed E-state index contributed by atoms with van der Waals surface area (Å²) in [5, 5.41) is 6.63. The summed E-state index contributed by atoms with van der Waals surface area (Å²) in [6.07, 6.45) is 7.45. The maximum Gasteiger partial charge on any atom is 0.191 e. The number of guanidine groups is 1. The molecule has 0 radical (unpaired) electrons. The van der Waals surface area contributed by atoms with Gasteiger partial charge in [0.25, 0.3) is 0 Å². The van der Waals surface area contributed by atoms with Crippen LogP contribution in [0.4, 0.5) is 0 Å². The van der Waals surface area contributed by atoms with E-state index in [-0.39, 0.29) is 0 Å². The summed E-state index contributed by atoms with van der Waals surface area (Å²) in [6.45, 7) is 5.55. The first-order chi connectivity index (χ1) is 13.3. The fraction of sp³-hybridized carbons (Fsp3) is 0.400. The molecule has 0 amide bonds. The molecule has 0 spiro atoms. The van der Waals surface area contributed by atoms with Gasteiger partial charge in [0.2, 0.25) is 0 Å². The number of ether oxygens (including phenoxy) is 1. The number of imidazole rings is 1. The molecule has 2 N–H and O–H groups in total. The highest BCUT2D eigenvalue weighted by atomic mass is 16.5. The van der Waals surface area contributed by atoms with Crippen molar-refractivity contribution in [3.8, 4) is 0 Å². The molecule has 0 aliphatic rings. The van der Waals surface area contributed by atoms with Gasteiger partial charge in [0.05, 0.1) is 12.0 Å². The van der Waals surface area contributed by atoms with Crippen LogP contribution >= 0.6 is 0 Å². The molecule has 3 aromatic rings. The molecule has 3 rings (SSSR count). The Hall–Kier alpha value is -2.80. The van der Waals surface area contributed by atoms with Crippen LogP contribution in [0.2, 0.25) is 0 Å². The molecule has 0 bridgehead atoms. The third-order valence-corrected chi connectivity index (χ3v) is 3.97. The van der Waals surface area contributed by atoms with Gasteiger partial charge < -0.3 is 24.2 Å². The first-order valence-corrected chi connectivity index (χ1v) is 9.40. The first kappa shape index (κ1) is 19.0. The third kappa shape index (κ3) is 6.14. The van der Waals surface area contributed by atoms with Gasteiger partial charge in [-0.05, 0) is 37.6 Å². The van der Waals surface area contributed by atoms with Crippen LogP contribution in [0.25, 0.3) is 5.65 Å². The normalized spacial score (nSPS) is 11.8. The SMILES string of the molecule is CCNC(=NCCCOCc1ccco1)NCCc1cn2ccccc2n1. The number of nitrogens with zero attached hydrogens (tertiary/aromatic N) is 3. The minimum Gasteiger partial charge on any atom is -0.467 e. The molecule has 3 heterocycles. The van der Waals surface area contributed by atoms with Crippen LogP contribution in [0.5, 0.6) is 0 Å². The minimum absolute atomic E-state index is 0.508. The Morgan fingerprint density at radius 3 is 3.04 bits per heavy atom. The van der Waals surface area contributed by atoms with Crippen molar-refractivity contribution < 1.29 is 9.15 Å². The van der Waals surface area contributed by atoms with Gasteiger partial charge in [-0.3, -0.25) is 4.99 Å². The van der Waals surface area contributed by atoms with Crippen molar-refractivity contribution in [2.45, 2.75) is 26.4 Å². The Bertz CT molecular complexity index is 793. The van der Waals surface area contributed by atoms with E-state index >= 15 is 0 Å². The molecule has 0 fully saturated rings. The summed E-state index contributed by atoms with van der Waals surface area (Å²) >= 11 is 0. The summed E-state index contributed by atoms with van der Waals surface area (Å²) < 4.78 is 12.8. The minimum atomic E-state index is 0.508. The number of furan rings is 1. The zero-order valence-corrected chi connectivity index (χ0v) is 15.7. The second kappa shape index (κ2) is 10.4. The average molecular weight is 369 g/mol. The molecule has 3 aromatic heterocycles. The maximum absolute atomic E-state index is 5.57. The van der Waals surface area contributed by atoms with Crippen molar-refractivity contribution in [3.63, 3.8) is 0 Å². The molecule has 7 nitrogen and oxygen atoms in total. The van der Waals surface area contributed by atoms with E-state index in [2.05, 4.69) is 33.7 Å². The average Bonchev–Trinajstić information content (AvgIpc) is 3.33. The van der Waals surface area contributed by atoms with Gasteiger partial charge in [0.1, 0.15) is 18.0 Å². The summed E-state index contributed by atoms with van der Waals surface area (Å²) in [6, 6.07) is 9.79. The fourth-order valence-corrected chi connectivity index (χ4v) is 2.68. The van der Waals surface area contributed by atoms with E-state index in [1.54, 1.807) is 6.26 Å². The molecule has 0 aliphatic heterocycles. The second-order valence-electron chi connectivity index (χ2n) is 6.12. The number of hydrogen-bond acceptors (Lipinski definition) is 4. The van der Waals surface area contributed by atoms with Crippen molar-refractivity contribution in [2.75, 3.05) is 26.2 Å². The van der Waals surface area contributed by atoms with Crippen LogP contribution in [0.1, 0.15) is 24.8 Å². The van der Waals surface area contributed by atoms with Gasteiger partial charge in [-0.2, -0.15) is 0 Å². The predicted octanol–water partition coefficient (Wildman–Crippen LogP) is 2.63. The Morgan fingerprint density at radius 1 is 1.26 bits per heavy atom. The van der Waals surface area contributed by atoms with Gasteiger partial charge in [0.15, 0.2) is 5.96 Å². The Labute approximate surface area is 159 Å².